The van der Waals surface area contributed by atoms with Crippen molar-refractivity contribution in [3.8, 4) is 16.9 Å². The fourth-order valence-electron chi connectivity index (χ4n) is 4.10. The third-order valence-corrected chi connectivity index (χ3v) is 5.46. The van der Waals surface area contributed by atoms with Crippen molar-refractivity contribution < 1.29 is 14.3 Å². The lowest BCUT2D eigenvalue weighted by Gasteiger charge is -2.15. The quantitative estimate of drug-likeness (QED) is 0.405. The van der Waals surface area contributed by atoms with Crippen molar-refractivity contribution in [2.45, 2.75) is 19.8 Å². The summed E-state index contributed by atoms with van der Waals surface area (Å²) in [5.74, 6) is -1.20. The number of hydrogen-bond donors (Lipinski definition) is 2. The van der Waals surface area contributed by atoms with E-state index < -0.39 is 5.97 Å². The van der Waals surface area contributed by atoms with Gasteiger partial charge in [0, 0.05) is 33.9 Å². The van der Waals surface area contributed by atoms with Gasteiger partial charge in [-0.1, -0.05) is 13.8 Å². The summed E-state index contributed by atoms with van der Waals surface area (Å²) in [7, 11) is 0. The zero-order valence-corrected chi connectivity index (χ0v) is 16.9. The van der Waals surface area contributed by atoms with E-state index in [1.807, 2.05) is 6.07 Å². The van der Waals surface area contributed by atoms with Crippen LogP contribution >= 0.6 is 0 Å². The number of aromatic amines is 1. The Morgan fingerprint density at radius 2 is 1.87 bits per heavy atom. The maximum Gasteiger partial charge on any atom is 0.337 e. The molecule has 0 saturated carbocycles. The Bertz CT molecular complexity index is 1430. The van der Waals surface area contributed by atoms with Gasteiger partial charge < -0.3 is 9.67 Å². The van der Waals surface area contributed by atoms with Crippen molar-refractivity contribution in [2.75, 3.05) is 0 Å². The number of aromatic carboxylic acids is 1. The average molecular weight is 414 g/mol. The minimum atomic E-state index is -1.02. The minimum absolute atomic E-state index is 0.116. The number of nitrogens with zero attached hydrogens (tertiary/aromatic N) is 3. The van der Waals surface area contributed by atoms with Gasteiger partial charge in [-0.15, -0.1) is 0 Å². The normalized spacial score (nSPS) is 11.6. The van der Waals surface area contributed by atoms with E-state index in [4.69, 9.17) is 0 Å². The number of fused-ring (bicyclic) bond motifs is 2. The first-order valence-corrected chi connectivity index (χ1v) is 9.91. The van der Waals surface area contributed by atoms with Gasteiger partial charge in [0.2, 0.25) is 0 Å². The summed E-state index contributed by atoms with van der Waals surface area (Å²) in [6.45, 7) is 4.19. The molecule has 5 aromatic rings. The van der Waals surface area contributed by atoms with Gasteiger partial charge in [-0.05, 0) is 54.4 Å². The summed E-state index contributed by atoms with van der Waals surface area (Å²) in [5.41, 5.74) is 5.42. The van der Waals surface area contributed by atoms with E-state index in [0.717, 1.165) is 38.8 Å². The van der Waals surface area contributed by atoms with Crippen LogP contribution in [0.4, 0.5) is 4.39 Å². The van der Waals surface area contributed by atoms with Crippen LogP contribution in [-0.4, -0.2) is 30.8 Å². The molecule has 0 aliphatic heterocycles. The van der Waals surface area contributed by atoms with Crippen molar-refractivity contribution in [3.05, 3.63) is 78.0 Å². The molecular formula is C24H19FN4O2. The van der Waals surface area contributed by atoms with Gasteiger partial charge in [0.05, 0.1) is 28.5 Å². The molecular weight excluding hydrogens is 395 g/mol. The zero-order chi connectivity index (χ0) is 21.7. The van der Waals surface area contributed by atoms with Gasteiger partial charge in [0.25, 0.3) is 0 Å². The molecule has 2 N–H and O–H groups in total. The Morgan fingerprint density at radius 1 is 1.10 bits per heavy atom. The summed E-state index contributed by atoms with van der Waals surface area (Å²) >= 11 is 0. The molecule has 3 aromatic heterocycles. The minimum Gasteiger partial charge on any atom is -0.478 e. The van der Waals surface area contributed by atoms with Crippen LogP contribution in [0.2, 0.25) is 0 Å². The van der Waals surface area contributed by atoms with E-state index in [1.165, 1.54) is 18.3 Å². The molecule has 0 aliphatic rings. The van der Waals surface area contributed by atoms with E-state index in [1.54, 1.807) is 30.5 Å². The highest BCUT2D eigenvalue weighted by atomic mass is 19.1. The first-order valence-electron chi connectivity index (χ1n) is 9.91. The predicted molar refractivity (Wildman–Crippen MR) is 117 cm³/mol. The average Bonchev–Trinajstić information content (AvgIpc) is 3.34. The molecule has 3 heterocycles. The molecule has 0 aliphatic carbocycles. The number of halogens is 1. The molecule has 0 atom stereocenters. The highest BCUT2D eigenvalue weighted by molar-refractivity contribution is 6.05. The van der Waals surface area contributed by atoms with Gasteiger partial charge >= 0.3 is 5.97 Å². The van der Waals surface area contributed by atoms with E-state index in [9.17, 15) is 14.3 Å². The summed E-state index contributed by atoms with van der Waals surface area (Å²) in [5, 5.41) is 18.3. The smallest absolute Gasteiger partial charge is 0.337 e. The monoisotopic (exact) mass is 414 g/mol. The number of carboxylic acid groups (broad SMARTS) is 1. The lowest BCUT2D eigenvalue weighted by Crippen LogP contribution is -2.04. The van der Waals surface area contributed by atoms with Gasteiger partial charge in [-0.25, -0.2) is 9.18 Å². The number of carboxylic acids is 1. The highest BCUT2D eigenvalue weighted by Gasteiger charge is 2.23. The van der Waals surface area contributed by atoms with E-state index in [-0.39, 0.29) is 17.3 Å². The topological polar surface area (TPSA) is 83.8 Å². The third-order valence-electron chi connectivity index (χ3n) is 5.46. The molecule has 0 saturated heterocycles. The van der Waals surface area contributed by atoms with Crippen LogP contribution in [0, 0.1) is 5.82 Å². The summed E-state index contributed by atoms with van der Waals surface area (Å²) in [6, 6.07) is 13.8. The van der Waals surface area contributed by atoms with Crippen molar-refractivity contribution in [3.63, 3.8) is 0 Å². The van der Waals surface area contributed by atoms with Crippen LogP contribution in [0.25, 0.3) is 38.8 Å². The molecule has 0 spiro atoms. The maximum atomic E-state index is 13.6. The third kappa shape index (κ3) is 3.06. The van der Waals surface area contributed by atoms with Crippen LogP contribution in [0.3, 0.4) is 0 Å². The molecule has 154 valence electrons. The number of benzene rings is 2. The second-order valence-corrected chi connectivity index (χ2v) is 7.79. The Balaban J connectivity index is 1.90. The van der Waals surface area contributed by atoms with Crippen LogP contribution < -0.4 is 0 Å². The van der Waals surface area contributed by atoms with Gasteiger partial charge in [0.15, 0.2) is 0 Å². The number of pyridine rings is 1. The number of H-pyrrole nitrogens is 1. The lowest BCUT2D eigenvalue weighted by atomic mass is 9.99. The van der Waals surface area contributed by atoms with Crippen LogP contribution in [0.5, 0.6) is 0 Å². The molecule has 2 aromatic carbocycles. The Labute approximate surface area is 177 Å². The second kappa shape index (κ2) is 7.05. The van der Waals surface area contributed by atoms with Gasteiger partial charge in [-0.2, -0.15) is 5.10 Å². The highest BCUT2D eigenvalue weighted by Crippen LogP contribution is 2.41. The second-order valence-electron chi connectivity index (χ2n) is 7.79. The molecule has 31 heavy (non-hydrogen) atoms. The van der Waals surface area contributed by atoms with Crippen LogP contribution in [-0.2, 0) is 0 Å². The van der Waals surface area contributed by atoms with Crippen LogP contribution in [0.1, 0.15) is 35.8 Å². The molecule has 0 fully saturated rings. The van der Waals surface area contributed by atoms with Gasteiger partial charge in [-0.3, -0.25) is 10.1 Å². The Kier molecular flexibility index (Phi) is 4.32. The van der Waals surface area contributed by atoms with Crippen LogP contribution in [0.15, 0.2) is 60.9 Å². The fraction of sp³-hybridized carbons (Fsp3) is 0.125. The number of hydrogen-bond acceptors (Lipinski definition) is 3. The summed E-state index contributed by atoms with van der Waals surface area (Å²) < 4.78 is 15.8. The Morgan fingerprint density at radius 3 is 2.52 bits per heavy atom. The number of aromatic nitrogens is 4. The summed E-state index contributed by atoms with van der Waals surface area (Å²) in [4.78, 5) is 15.8. The fourth-order valence-corrected chi connectivity index (χ4v) is 4.10. The first kappa shape index (κ1) is 19.0. The maximum absolute atomic E-state index is 13.6. The Hall–Kier alpha value is -4.00. The molecule has 7 heteroatoms. The molecule has 0 bridgehead atoms. The van der Waals surface area contributed by atoms with Crippen molar-refractivity contribution in [2.24, 2.45) is 0 Å². The molecule has 0 radical (unpaired) electrons. The van der Waals surface area contributed by atoms with E-state index >= 15 is 0 Å². The number of carbonyl (C=O) groups is 1. The predicted octanol–water partition coefficient (Wildman–Crippen LogP) is 5.53. The molecule has 0 unspecified atom stereocenters. The van der Waals surface area contributed by atoms with Crippen molar-refractivity contribution in [1.82, 2.24) is 19.7 Å². The molecule has 5 rings (SSSR count). The zero-order valence-electron chi connectivity index (χ0n) is 16.9. The van der Waals surface area contributed by atoms with E-state index in [0.29, 0.717) is 5.69 Å². The van der Waals surface area contributed by atoms with Gasteiger partial charge in [0.1, 0.15) is 5.82 Å². The number of rotatable bonds is 4. The molecule has 0 amide bonds. The SMILES string of the molecule is CC(C)c1c(-c2ccc(C(=O)O)cn2)c2cc3[nH]ncc3cc2n1-c1ccc(F)cc1. The standard InChI is InChI=1S/C24H19FN4O2/c1-13(2)23-22(19-8-3-14(11-26-19)24(30)31)18-10-20-15(12-27-28-20)9-21(18)29(23)17-6-4-16(25)5-7-17/h3-13H,1-2H3,(H,27,28)(H,30,31). The first-order chi connectivity index (χ1) is 14.9. The largest absolute Gasteiger partial charge is 0.478 e. The lowest BCUT2D eigenvalue weighted by molar-refractivity contribution is 0.0696. The summed E-state index contributed by atoms with van der Waals surface area (Å²) in [6.07, 6.45) is 3.14. The molecule has 6 nitrogen and oxygen atoms in total. The number of nitrogens with one attached hydrogen (secondary N) is 1. The van der Waals surface area contributed by atoms with E-state index in [2.05, 4.69) is 39.7 Å². The van der Waals surface area contributed by atoms with Crippen molar-refractivity contribution >= 4 is 27.8 Å². The van der Waals surface area contributed by atoms with Crippen molar-refractivity contribution in [1.29, 1.82) is 0 Å².